The lowest BCUT2D eigenvalue weighted by Gasteiger charge is -1.60. The van der Waals surface area contributed by atoms with Crippen LogP contribution in [-0.4, -0.2) is 0 Å². The Morgan fingerprint density at radius 1 is 0.909 bits per heavy atom. The number of hydrogen-bond donors (Lipinski definition) is 0. The van der Waals surface area contributed by atoms with Crippen molar-refractivity contribution in [3.8, 4) is 0 Å². The fourth-order valence-electron chi connectivity index (χ4n) is 0.157. The Labute approximate surface area is 72.3 Å². The van der Waals surface area contributed by atoms with Crippen LogP contribution in [0.4, 0.5) is 0 Å². The standard InChI is InChI=1S/C6H8.C3H8.C2H6/c1-3-5-6-4-2;1-3-2;1-2/h3-6H,1-2H2;3H2,1-2H3;1-2H3/b6-5-;;. The Morgan fingerprint density at radius 3 is 1.18 bits per heavy atom. The van der Waals surface area contributed by atoms with Crippen molar-refractivity contribution in [2.24, 2.45) is 0 Å². The van der Waals surface area contributed by atoms with Crippen LogP contribution in [0.1, 0.15) is 34.1 Å². The molecule has 0 spiro atoms. The molecule has 0 aliphatic heterocycles. The first-order valence-electron chi connectivity index (χ1n) is 4.23. The molecular weight excluding hydrogens is 132 g/mol. The Hall–Kier alpha value is -0.780. The molecule has 0 radical (unpaired) electrons. The molecule has 0 saturated carbocycles. The fraction of sp³-hybridized carbons (Fsp3) is 0.455. The molecule has 0 nitrogen and oxygen atoms in total. The smallest absolute Gasteiger partial charge is 0.0590 e. The summed E-state index contributed by atoms with van der Waals surface area (Å²) in [6.07, 6.45) is 8.32. The summed E-state index contributed by atoms with van der Waals surface area (Å²) in [6.45, 7) is 15.2. The van der Waals surface area contributed by atoms with Gasteiger partial charge in [0.2, 0.25) is 0 Å². The van der Waals surface area contributed by atoms with Gasteiger partial charge in [-0.15, -0.1) is 0 Å². The van der Waals surface area contributed by atoms with Gasteiger partial charge in [-0.05, 0) is 0 Å². The van der Waals surface area contributed by atoms with Crippen molar-refractivity contribution in [2.75, 3.05) is 0 Å². The molecule has 0 saturated heterocycles. The van der Waals surface area contributed by atoms with Crippen molar-refractivity contribution >= 4 is 0 Å². The van der Waals surface area contributed by atoms with E-state index in [2.05, 4.69) is 27.0 Å². The average molecular weight is 154 g/mol. The van der Waals surface area contributed by atoms with E-state index in [4.69, 9.17) is 0 Å². The van der Waals surface area contributed by atoms with E-state index >= 15 is 0 Å². The van der Waals surface area contributed by atoms with E-state index in [1.165, 1.54) is 6.42 Å². The van der Waals surface area contributed by atoms with Crippen LogP contribution in [0.5, 0.6) is 0 Å². The number of allylic oxidation sites excluding steroid dienone is 4. The summed E-state index contributed by atoms with van der Waals surface area (Å²) in [6, 6.07) is 0. The lowest BCUT2D eigenvalue weighted by Crippen LogP contribution is -1.38. The average Bonchev–Trinajstić information content (AvgIpc) is 2.06. The van der Waals surface area contributed by atoms with E-state index in [9.17, 15) is 0 Å². The minimum Gasteiger partial charge on any atom is -0.0991 e. The molecule has 11 heavy (non-hydrogen) atoms. The maximum Gasteiger partial charge on any atom is -0.0590 e. The third kappa shape index (κ3) is 97.5. The zero-order valence-electron chi connectivity index (χ0n) is 8.43. The second-order valence-corrected chi connectivity index (χ2v) is 1.56. The first-order valence-corrected chi connectivity index (χ1v) is 4.23. The molecular formula is C11H22. The highest BCUT2D eigenvalue weighted by molar-refractivity contribution is 5.05. The molecule has 0 aliphatic rings. The Kier molecular flexibility index (Phi) is 53.0. The Balaban J connectivity index is -0.000000109. The predicted molar refractivity (Wildman–Crippen MR) is 56.8 cm³/mol. The molecule has 0 fully saturated rings. The highest BCUT2D eigenvalue weighted by Crippen LogP contribution is 1.69. The zero-order valence-corrected chi connectivity index (χ0v) is 8.43. The quantitative estimate of drug-likeness (QED) is 0.518. The SMILES string of the molecule is C=C/C=C\C=C.CC.CCC. The lowest BCUT2D eigenvalue weighted by molar-refractivity contribution is 1.09. The largest absolute Gasteiger partial charge is 0.0991 e. The molecule has 0 N–H and O–H groups in total. The van der Waals surface area contributed by atoms with Crippen LogP contribution in [0, 0.1) is 0 Å². The van der Waals surface area contributed by atoms with Gasteiger partial charge in [0.05, 0.1) is 0 Å². The van der Waals surface area contributed by atoms with Crippen molar-refractivity contribution in [3.05, 3.63) is 37.5 Å². The van der Waals surface area contributed by atoms with E-state index in [-0.39, 0.29) is 0 Å². The van der Waals surface area contributed by atoms with Gasteiger partial charge >= 0.3 is 0 Å². The highest BCUT2D eigenvalue weighted by atomic mass is 13.5. The summed E-state index contributed by atoms with van der Waals surface area (Å²) < 4.78 is 0. The third-order valence-electron chi connectivity index (χ3n) is 0.383. The molecule has 66 valence electrons. The van der Waals surface area contributed by atoms with Crippen LogP contribution in [0.2, 0.25) is 0 Å². The van der Waals surface area contributed by atoms with Crippen molar-refractivity contribution in [1.82, 2.24) is 0 Å². The number of hydrogen-bond acceptors (Lipinski definition) is 0. The van der Waals surface area contributed by atoms with Crippen LogP contribution < -0.4 is 0 Å². The molecule has 0 aromatic heterocycles. The Bertz CT molecular complexity index is 68.0. The minimum absolute atomic E-state index is 1.25. The Morgan fingerprint density at radius 2 is 1.09 bits per heavy atom. The molecule has 0 unspecified atom stereocenters. The summed E-state index contributed by atoms with van der Waals surface area (Å²) >= 11 is 0. The van der Waals surface area contributed by atoms with Gasteiger partial charge in [0, 0.05) is 0 Å². The zero-order chi connectivity index (χ0) is 9.54. The van der Waals surface area contributed by atoms with Gasteiger partial charge in [-0.25, -0.2) is 0 Å². The highest BCUT2D eigenvalue weighted by Gasteiger charge is 1.47. The molecule has 0 bridgehead atoms. The molecule has 0 heteroatoms. The van der Waals surface area contributed by atoms with Gasteiger partial charge in [-0.1, -0.05) is 71.6 Å². The van der Waals surface area contributed by atoms with Gasteiger partial charge < -0.3 is 0 Å². The normalized spacial score (nSPS) is 6.91. The monoisotopic (exact) mass is 154 g/mol. The van der Waals surface area contributed by atoms with Crippen molar-refractivity contribution in [3.63, 3.8) is 0 Å². The predicted octanol–water partition coefficient (Wildman–Crippen LogP) is 4.36. The van der Waals surface area contributed by atoms with E-state index < -0.39 is 0 Å². The van der Waals surface area contributed by atoms with E-state index in [1.54, 1.807) is 12.2 Å². The van der Waals surface area contributed by atoms with E-state index in [1.807, 2.05) is 26.0 Å². The van der Waals surface area contributed by atoms with Crippen LogP contribution in [0.3, 0.4) is 0 Å². The molecule has 0 rings (SSSR count). The van der Waals surface area contributed by atoms with Crippen molar-refractivity contribution in [2.45, 2.75) is 34.1 Å². The van der Waals surface area contributed by atoms with Crippen molar-refractivity contribution < 1.29 is 0 Å². The van der Waals surface area contributed by atoms with E-state index in [0.717, 1.165) is 0 Å². The first-order chi connectivity index (χ1) is 5.33. The summed E-state index contributed by atoms with van der Waals surface area (Å²) in [4.78, 5) is 0. The molecule has 0 amide bonds. The van der Waals surface area contributed by atoms with Crippen LogP contribution >= 0.6 is 0 Å². The van der Waals surface area contributed by atoms with Crippen LogP contribution in [0.15, 0.2) is 37.5 Å². The topological polar surface area (TPSA) is 0 Å². The van der Waals surface area contributed by atoms with Gasteiger partial charge in [0.1, 0.15) is 0 Å². The van der Waals surface area contributed by atoms with Gasteiger partial charge in [0.15, 0.2) is 0 Å². The third-order valence-corrected chi connectivity index (χ3v) is 0.383. The maximum atomic E-state index is 3.46. The molecule has 0 aromatic carbocycles. The molecule has 0 aromatic rings. The van der Waals surface area contributed by atoms with Crippen LogP contribution in [0.25, 0.3) is 0 Å². The minimum atomic E-state index is 1.25. The first kappa shape index (κ1) is 16.7. The molecule has 0 atom stereocenters. The second kappa shape index (κ2) is 35.0. The summed E-state index contributed by atoms with van der Waals surface area (Å²) in [5.74, 6) is 0. The van der Waals surface area contributed by atoms with Crippen LogP contribution in [-0.2, 0) is 0 Å². The van der Waals surface area contributed by atoms with Gasteiger partial charge in [-0.3, -0.25) is 0 Å². The summed E-state index contributed by atoms with van der Waals surface area (Å²) in [5.41, 5.74) is 0. The fourth-order valence-corrected chi connectivity index (χ4v) is 0.157. The summed E-state index contributed by atoms with van der Waals surface area (Å²) in [7, 11) is 0. The van der Waals surface area contributed by atoms with Gasteiger partial charge in [-0.2, -0.15) is 0 Å². The summed E-state index contributed by atoms with van der Waals surface area (Å²) in [5, 5.41) is 0. The molecule has 0 heterocycles. The number of rotatable bonds is 2. The van der Waals surface area contributed by atoms with Crippen molar-refractivity contribution in [1.29, 1.82) is 0 Å². The molecule has 0 aliphatic carbocycles. The lowest BCUT2D eigenvalue weighted by atomic mass is 10.5. The van der Waals surface area contributed by atoms with E-state index in [0.29, 0.717) is 0 Å². The maximum absolute atomic E-state index is 3.46. The van der Waals surface area contributed by atoms with Gasteiger partial charge in [0.25, 0.3) is 0 Å². The second-order valence-electron chi connectivity index (χ2n) is 1.56.